The van der Waals surface area contributed by atoms with Crippen LogP contribution < -0.4 is 9.47 Å². The minimum atomic E-state index is -0.0426. The maximum atomic E-state index is 5.80. The fourth-order valence-electron chi connectivity index (χ4n) is 1.14. The Morgan fingerprint density at radius 3 is 2.67 bits per heavy atom. The fraction of sp³-hybridized carbons (Fsp3) is 0.100. The summed E-state index contributed by atoms with van der Waals surface area (Å²) in [6.07, 6.45) is 0. The second-order valence-corrected chi connectivity index (χ2v) is 4.63. The van der Waals surface area contributed by atoms with Gasteiger partial charge < -0.3 is 9.47 Å². The Balaban J connectivity index is 2.31. The molecule has 2 aromatic rings. The highest BCUT2D eigenvalue weighted by Gasteiger charge is 2.11. The van der Waals surface area contributed by atoms with Gasteiger partial charge in [-0.2, -0.15) is 4.98 Å². The SMILES string of the molecule is COc1ccc(Oc2nc(Cl)nnc2Cl)c(Br)c1. The maximum Gasteiger partial charge on any atom is 0.262 e. The molecule has 94 valence electrons. The molecular weight excluding hydrogens is 345 g/mol. The lowest BCUT2D eigenvalue weighted by molar-refractivity contribution is 0.411. The largest absolute Gasteiger partial charge is 0.497 e. The van der Waals surface area contributed by atoms with Gasteiger partial charge in [0.25, 0.3) is 5.88 Å². The number of hydrogen-bond donors (Lipinski definition) is 0. The van der Waals surface area contributed by atoms with Gasteiger partial charge in [-0.05, 0) is 45.7 Å². The normalized spacial score (nSPS) is 10.2. The van der Waals surface area contributed by atoms with E-state index in [1.54, 1.807) is 25.3 Å². The van der Waals surface area contributed by atoms with Gasteiger partial charge in [0.1, 0.15) is 11.5 Å². The molecule has 0 unspecified atom stereocenters. The van der Waals surface area contributed by atoms with E-state index < -0.39 is 0 Å². The predicted molar refractivity (Wildman–Crippen MR) is 70.6 cm³/mol. The van der Waals surface area contributed by atoms with Crippen LogP contribution in [0.4, 0.5) is 0 Å². The van der Waals surface area contributed by atoms with Crippen LogP contribution in [-0.4, -0.2) is 22.3 Å². The first kappa shape index (κ1) is 13.3. The van der Waals surface area contributed by atoms with Gasteiger partial charge in [0, 0.05) is 0 Å². The summed E-state index contributed by atoms with van der Waals surface area (Å²) in [4.78, 5) is 3.84. The molecule has 0 bridgehead atoms. The van der Waals surface area contributed by atoms with E-state index in [0.717, 1.165) is 0 Å². The molecule has 1 heterocycles. The lowest BCUT2D eigenvalue weighted by atomic mass is 10.3. The van der Waals surface area contributed by atoms with Gasteiger partial charge in [-0.3, -0.25) is 0 Å². The van der Waals surface area contributed by atoms with Crippen LogP contribution in [0, 0.1) is 0 Å². The third-order valence-corrected chi connectivity index (χ3v) is 2.95. The van der Waals surface area contributed by atoms with Crippen molar-refractivity contribution >= 4 is 39.1 Å². The van der Waals surface area contributed by atoms with E-state index in [-0.39, 0.29) is 16.3 Å². The van der Waals surface area contributed by atoms with Gasteiger partial charge in [0.05, 0.1) is 11.6 Å². The van der Waals surface area contributed by atoms with Crippen LogP contribution >= 0.6 is 39.1 Å². The number of rotatable bonds is 3. The van der Waals surface area contributed by atoms with Crippen LogP contribution in [0.5, 0.6) is 17.4 Å². The van der Waals surface area contributed by atoms with Crippen LogP contribution in [0.3, 0.4) is 0 Å². The van der Waals surface area contributed by atoms with Gasteiger partial charge >= 0.3 is 0 Å². The summed E-state index contributed by atoms with van der Waals surface area (Å²) in [5.41, 5.74) is 0. The van der Waals surface area contributed by atoms with Crippen LogP contribution in [0.15, 0.2) is 22.7 Å². The van der Waals surface area contributed by atoms with Crippen LogP contribution in [-0.2, 0) is 0 Å². The van der Waals surface area contributed by atoms with Gasteiger partial charge in [-0.15, -0.1) is 10.2 Å². The second kappa shape index (κ2) is 5.69. The molecular formula is C10H6BrCl2N3O2. The zero-order valence-corrected chi connectivity index (χ0v) is 12.1. The molecule has 0 saturated carbocycles. The number of halogens is 3. The number of ether oxygens (including phenoxy) is 2. The second-order valence-electron chi connectivity index (χ2n) is 3.08. The van der Waals surface area contributed by atoms with Crippen molar-refractivity contribution in [1.29, 1.82) is 0 Å². The zero-order valence-electron chi connectivity index (χ0n) is 9.02. The Labute approximate surface area is 121 Å². The lowest BCUT2D eigenvalue weighted by Crippen LogP contribution is -1.95. The molecule has 5 nitrogen and oxygen atoms in total. The summed E-state index contributed by atoms with van der Waals surface area (Å²) in [5, 5.41) is 7.07. The monoisotopic (exact) mass is 349 g/mol. The molecule has 0 atom stereocenters. The van der Waals surface area contributed by atoms with E-state index in [1.165, 1.54) is 0 Å². The first-order valence-electron chi connectivity index (χ1n) is 4.67. The highest BCUT2D eigenvalue weighted by Crippen LogP contribution is 2.33. The van der Waals surface area contributed by atoms with Crippen molar-refractivity contribution in [2.45, 2.75) is 0 Å². The molecule has 0 aliphatic carbocycles. The first-order chi connectivity index (χ1) is 8.60. The third-order valence-electron chi connectivity index (χ3n) is 1.94. The number of hydrogen-bond acceptors (Lipinski definition) is 5. The molecule has 0 N–H and O–H groups in total. The summed E-state index contributed by atoms with van der Waals surface area (Å²) in [6.45, 7) is 0. The standard InChI is InChI=1S/C10H6BrCl2N3O2/c1-17-5-2-3-7(6(11)4-5)18-9-8(12)15-16-10(13)14-9/h2-4H,1H3. The number of benzene rings is 1. The molecule has 18 heavy (non-hydrogen) atoms. The molecule has 0 aliphatic rings. The smallest absolute Gasteiger partial charge is 0.262 e. The van der Waals surface area contributed by atoms with Crippen LogP contribution in [0.25, 0.3) is 0 Å². The Morgan fingerprint density at radius 1 is 1.22 bits per heavy atom. The third kappa shape index (κ3) is 3.01. The predicted octanol–water partition coefficient (Wildman–Crippen LogP) is 3.74. The molecule has 1 aromatic carbocycles. The van der Waals surface area contributed by atoms with Crippen molar-refractivity contribution in [3.8, 4) is 17.4 Å². The first-order valence-corrected chi connectivity index (χ1v) is 6.22. The summed E-state index contributed by atoms with van der Waals surface area (Å²) in [7, 11) is 1.58. The minimum Gasteiger partial charge on any atom is -0.497 e. The summed E-state index contributed by atoms with van der Waals surface area (Å²) < 4.78 is 11.2. The quantitative estimate of drug-likeness (QED) is 0.843. The average Bonchev–Trinajstić information content (AvgIpc) is 2.36. The molecule has 8 heteroatoms. The minimum absolute atomic E-state index is 0.0297. The Bertz CT molecular complexity index is 583. The van der Waals surface area contributed by atoms with Gasteiger partial charge in [0.15, 0.2) is 0 Å². The molecule has 0 radical (unpaired) electrons. The van der Waals surface area contributed by atoms with Crippen molar-refractivity contribution in [1.82, 2.24) is 15.2 Å². The highest BCUT2D eigenvalue weighted by atomic mass is 79.9. The lowest BCUT2D eigenvalue weighted by Gasteiger charge is -2.08. The van der Waals surface area contributed by atoms with Crippen molar-refractivity contribution in [3.63, 3.8) is 0 Å². The van der Waals surface area contributed by atoms with Crippen molar-refractivity contribution in [2.24, 2.45) is 0 Å². The molecule has 0 amide bonds. The van der Waals surface area contributed by atoms with Gasteiger partial charge in [0.2, 0.25) is 10.4 Å². The van der Waals surface area contributed by atoms with Crippen molar-refractivity contribution < 1.29 is 9.47 Å². The van der Waals surface area contributed by atoms with E-state index in [2.05, 4.69) is 31.1 Å². The summed E-state index contributed by atoms with van der Waals surface area (Å²) >= 11 is 14.8. The topological polar surface area (TPSA) is 57.1 Å². The molecule has 0 spiro atoms. The molecule has 2 rings (SSSR count). The number of methoxy groups -OCH3 is 1. The van der Waals surface area contributed by atoms with Gasteiger partial charge in [-0.1, -0.05) is 11.6 Å². The van der Waals surface area contributed by atoms with E-state index in [9.17, 15) is 0 Å². The summed E-state index contributed by atoms with van der Waals surface area (Å²) in [5.74, 6) is 1.29. The molecule has 0 saturated heterocycles. The molecule has 0 aliphatic heterocycles. The maximum absolute atomic E-state index is 5.80. The molecule has 1 aromatic heterocycles. The Kier molecular flexibility index (Phi) is 4.21. The number of nitrogens with zero attached hydrogens (tertiary/aromatic N) is 3. The zero-order chi connectivity index (χ0) is 13.1. The number of aromatic nitrogens is 3. The average molecular weight is 351 g/mol. The Morgan fingerprint density at radius 2 is 2.00 bits per heavy atom. The van der Waals surface area contributed by atoms with Crippen LogP contribution in [0.1, 0.15) is 0 Å². The summed E-state index contributed by atoms with van der Waals surface area (Å²) in [6, 6.07) is 5.19. The van der Waals surface area contributed by atoms with E-state index in [0.29, 0.717) is 16.0 Å². The van der Waals surface area contributed by atoms with Crippen LogP contribution in [0.2, 0.25) is 10.4 Å². The van der Waals surface area contributed by atoms with E-state index >= 15 is 0 Å². The fourth-order valence-corrected chi connectivity index (χ4v) is 1.81. The van der Waals surface area contributed by atoms with E-state index in [1.807, 2.05) is 0 Å². The van der Waals surface area contributed by atoms with E-state index in [4.69, 9.17) is 32.7 Å². The highest BCUT2D eigenvalue weighted by molar-refractivity contribution is 9.10. The Hall–Kier alpha value is -1.11. The van der Waals surface area contributed by atoms with Gasteiger partial charge in [-0.25, -0.2) is 0 Å². The molecule has 0 fully saturated rings. The van der Waals surface area contributed by atoms with Crippen molar-refractivity contribution in [2.75, 3.05) is 7.11 Å². The van der Waals surface area contributed by atoms with Crippen molar-refractivity contribution in [3.05, 3.63) is 33.1 Å².